The van der Waals surface area contributed by atoms with Gasteiger partial charge in [-0.1, -0.05) is 30.3 Å². The second kappa shape index (κ2) is 5.78. The maximum Gasteiger partial charge on any atom is 0.157 e. The molecule has 0 aliphatic carbocycles. The molecule has 2 nitrogen and oxygen atoms in total. The number of benzene rings is 1. The van der Waals surface area contributed by atoms with Gasteiger partial charge in [-0.2, -0.15) is 0 Å². The Morgan fingerprint density at radius 3 is 2.29 bits per heavy atom. The molecule has 0 radical (unpaired) electrons. The summed E-state index contributed by atoms with van der Waals surface area (Å²) in [5.41, 5.74) is 1.89. The Kier molecular flexibility index (Phi) is 4.64. The van der Waals surface area contributed by atoms with Crippen molar-refractivity contribution in [2.45, 2.75) is 33.2 Å². The van der Waals surface area contributed by atoms with Crippen LogP contribution in [0.3, 0.4) is 0 Å². The summed E-state index contributed by atoms with van der Waals surface area (Å²) in [7, 11) is 0. The molecule has 0 aliphatic heterocycles. The average Bonchev–Trinajstić information content (AvgIpc) is 2.24. The highest BCUT2D eigenvalue weighted by atomic mass is 16.1. The fourth-order valence-corrected chi connectivity index (χ4v) is 1.39. The van der Waals surface area contributed by atoms with Crippen LogP contribution in [0.4, 0.5) is 0 Å². The highest BCUT2D eigenvalue weighted by molar-refractivity contribution is 5.98. The number of carbonyl (C=O) groups is 1. The molecular weight excluding hydrogens is 210 g/mol. The molecule has 0 saturated heterocycles. The Bertz CT molecular complexity index is 399. The summed E-state index contributed by atoms with van der Waals surface area (Å²) in [6.07, 6.45) is 1.95. The first-order chi connectivity index (χ1) is 7.88. The monoisotopic (exact) mass is 231 g/mol. The van der Waals surface area contributed by atoms with E-state index in [1.54, 1.807) is 6.92 Å². The number of carbonyl (C=O) groups excluding carboxylic acids is 1. The van der Waals surface area contributed by atoms with Gasteiger partial charge in [0.25, 0.3) is 0 Å². The minimum Gasteiger partial charge on any atom is -0.308 e. The molecule has 0 aromatic heterocycles. The Morgan fingerprint density at radius 1 is 1.24 bits per heavy atom. The predicted molar refractivity (Wildman–Crippen MR) is 72.9 cm³/mol. The van der Waals surface area contributed by atoms with Gasteiger partial charge in [0.15, 0.2) is 5.78 Å². The lowest BCUT2D eigenvalue weighted by atomic mass is 10.0. The second-order valence-corrected chi connectivity index (χ2v) is 5.24. The summed E-state index contributed by atoms with van der Waals surface area (Å²) in [6.45, 7) is 8.49. The molecule has 0 spiro atoms. The SMILES string of the molecule is CC(=O)C(=Cc1ccccc1)CNC(C)(C)C. The summed E-state index contributed by atoms with van der Waals surface area (Å²) in [6, 6.07) is 9.92. The third-order valence-electron chi connectivity index (χ3n) is 2.40. The van der Waals surface area contributed by atoms with Crippen LogP contribution in [-0.4, -0.2) is 17.9 Å². The summed E-state index contributed by atoms with van der Waals surface area (Å²) < 4.78 is 0. The van der Waals surface area contributed by atoms with Crippen molar-refractivity contribution in [1.29, 1.82) is 0 Å². The van der Waals surface area contributed by atoms with Gasteiger partial charge in [0.1, 0.15) is 0 Å². The van der Waals surface area contributed by atoms with E-state index in [1.807, 2.05) is 36.4 Å². The Labute approximate surface area is 104 Å². The molecule has 1 aromatic rings. The molecule has 0 aliphatic rings. The number of nitrogens with one attached hydrogen (secondary N) is 1. The lowest BCUT2D eigenvalue weighted by Gasteiger charge is -2.21. The van der Waals surface area contributed by atoms with Crippen molar-refractivity contribution in [3.63, 3.8) is 0 Å². The number of ketones is 1. The molecule has 0 atom stereocenters. The van der Waals surface area contributed by atoms with Crippen LogP contribution in [-0.2, 0) is 4.79 Å². The molecule has 0 fully saturated rings. The third-order valence-corrected chi connectivity index (χ3v) is 2.40. The van der Waals surface area contributed by atoms with Crippen LogP contribution in [0, 0.1) is 0 Å². The van der Waals surface area contributed by atoms with Crippen LogP contribution in [0.5, 0.6) is 0 Å². The van der Waals surface area contributed by atoms with Crippen molar-refractivity contribution in [2.75, 3.05) is 6.54 Å². The van der Waals surface area contributed by atoms with Gasteiger partial charge in [0, 0.05) is 17.7 Å². The predicted octanol–water partition coefficient (Wildman–Crippen LogP) is 3.05. The van der Waals surface area contributed by atoms with Crippen LogP contribution in [0.1, 0.15) is 33.3 Å². The van der Waals surface area contributed by atoms with Gasteiger partial charge < -0.3 is 5.32 Å². The Balaban J connectivity index is 2.80. The summed E-state index contributed by atoms with van der Waals surface area (Å²) in [5, 5.41) is 3.33. The van der Waals surface area contributed by atoms with E-state index in [4.69, 9.17) is 0 Å². The molecule has 0 saturated carbocycles. The van der Waals surface area contributed by atoms with Crippen LogP contribution < -0.4 is 5.32 Å². The number of rotatable bonds is 4. The lowest BCUT2D eigenvalue weighted by molar-refractivity contribution is -0.113. The van der Waals surface area contributed by atoms with Gasteiger partial charge in [0.05, 0.1) is 0 Å². The molecule has 1 rings (SSSR count). The van der Waals surface area contributed by atoms with Crippen molar-refractivity contribution in [3.8, 4) is 0 Å². The summed E-state index contributed by atoms with van der Waals surface area (Å²) in [5.74, 6) is 0.116. The first-order valence-electron chi connectivity index (χ1n) is 5.90. The Hall–Kier alpha value is -1.41. The van der Waals surface area contributed by atoms with Gasteiger partial charge in [-0.3, -0.25) is 4.79 Å². The molecule has 1 N–H and O–H groups in total. The third kappa shape index (κ3) is 5.45. The van der Waals surface area contributed by atoms with Crippen molar-refractivity contribution in [3.05, 3.63) is 41.5 Å². The number of Topliss-reactive ketones (excluding diaryl/α,β-unsaturated/α-hetero) is 1. The topological polar surface area (TPSA) is 29.1 Å². The zero-order valence-electron chi connectivity index (χ0n) is 11.1. The van der Waals surface area contributed by atoms with E-state index in [9.17, 15) is 4.79 Å². The number of hydrogen-bond donors (Lipinski definition) is 1. The van der Waals surface area contributed by atoms with Gasteiger partial charge in [0.2, 0.25) is 0 Å². The van der Waals surface area contributed by atoms with E-state index >= 15 is 0 Å². The van der Waals surface area contributed by atoms with Gasteiger partial charge in [-0.25, -0.2) is 0 Å². The summed E-state index contributed by atoms with van der Waals surface area (Å²) >= 11 is 0. The zero-order chi connectivity index (χ0) is 12.9. The largest absolute Gasteiger partial charge is 0.308 e. The van der Waals surface area contributed by atoms with Crippen molar-refractivity contribution in [2.24, 2.45) is 0 Å². The molecule has 0 unspecified atom stereocenters. The smallest absolute Gasteiger partial charge is 0.157 e. The normalized spacial score (nSPS) is 12.6. The molecule has 0 bridgehead atoms. The fourth-order valence-electron chi connectivity index (χ4n) is 1.39. The fraction of sp³-hybridized carbons (Fsp3) is 0.400. The van der Waals surface area contributed by atoms with Crippen molar-refractivity contribution < 1.29 is 4.79 Å². The molecule has 2 heteroatoms. The standard InChI is InChI=1S/C15H21NO/c1-12(17)14(11-16-15(2,3)4)10-13-8-6-5-7-9-13/h5-10,16H,11H2,1-4H3. The first kappa shape index (κ1) is 13.7. The molecule has 0 amide bonds. The van der Waals surface area contributed by atoms with Crippen LogP contribution >= 0.6 is 0 Å². The maximum absolute atomic E-state index is 11.6. The zero-order valence-corrected chi connectivity index (χ0v) is 11.1. The van der Waals surface area contributed by atoms with Crippen LogP contribution in [0.15, 0.2) is 35.9 Å². The lowest BCUT2D eigenvalue weighted by Crippen LogP contribution is -2.37. The molecule has 17 heavy (non-hydrogen) atoms. The van der Waals surface area contributed by atoms with Gasteiger partial charge in [-0.05, 0) is 39.3 Å². The minimum atomic E-state index is 0.0191. The van der Waals surface area contributed by atoms with E-state index in [0.29, 0.717) is 6.54 Å². The average molecular weight is 231 g/mol. The van der Waals surface area contributed by atoms with Gasteiger partial charge in [-0.15, -0.1) is 0 Å². The van der Waals surface area contributed by atoms with Crippen LogP contribution in [0.2, 0.25) is 0 Å². The van der Waals surface area contributed by atoms with Crippen LogP contribution in [0.25, 0.3) is 6.08 Å². The van der Waals surface area contributed by atoms with E-state index < -0.39 is 0 Å². The van der Waals surface area contributed by atoms with E-state index in [2.05, 4.69) is 26.1 Å². The quantitative estimate of drug-likeness (QED) is 0.807. The molecular formula is C15H21NO. The second-order valence-electron chi connectivity index (χ2n) is 5.24. The van der Waals surface area contributed by atoms with Gasteiger partial charge >= 0.3 is 0 Å². The minimum absolute atomic E-state index is 0.0191. The molecule has 0 heterocycles. The highest BCUT2D eigenvalue weighted by Crippen LogP contribution is 2.08. The first-order valence-corrected chi connectivity index (χ1v) is 5.90. The van der Waals surface area contributed by atoms with E-state index in [-0.39, 0.29) is 11.3 Å². The molecule has 1 aromatic carbocycles. The van der Waals surface area contributed by atoms with Crippen molar-refractivity contribution >= 4 is 11.9 Å². The highest BCUT2D eigenvalue weighted by Gasteiger charge is 2.11. The van der Waals surface area contributed by atoms with E-state index in [0.717, 1.165) is 11.1 Å². The van der Waals surface area contributed by atoms with Crippen molar-refractivity contribution in [1.82, 2.24) is 5.32 Å². The maximum atomic E-state index is 11.6. The number of hydrogen-bond acceptors (Lipinski definition) is 2. The van der Waals surface area contributed by atoms with E-state index in [1.165, 1.54) is 0 Å². The molecule has 92 valence electrons. The summed E-state index contributed by atoms with van der Waals surface area (Å²) in [4.78, 5) is 11.6. The Morgan fingerprint density at radius 2 is 1.82 bits per heavy atom.